The number of aliphatic hydroxyl groups excluding tert-OH is 2. The van der Waals surface area contributed by atoms with Gasteiger partial charge in [-0.3, -0.25) is 0 Å². The van der Waals surface area contributed by atoms with Crippen LogP contribution in [0.5, 0.6) is 5.75 Å². The minimum absolute atomic E-state index is 0.166. The average molecular weight is 537 g/mol. The largest absolute Gasteiger partial charge is 0.488 e. The maximum absolute atomic E-state index is 13.0. The highest BCUT2D eigenvalue weighted by Crippen LogP contribution is 2.50. The van der Waals surface area contributed by atoms with E-state index in [9.17, 15) is 15.0 Å². The van der Waals surface area contributed by atoms with Crippen molar-refractivity contribution in [2.45, 2.75) is 103 Å². The Morgan fingerprint density at radius 1 is 1.18 bits per heavy atom. The van der Waals surface area contributed by atoms with Crippen molar-refractivity contribution >= 4 is 16.9 Å². The molecule has 2 N–H and O–H groups in total. The first-order valence-electron chi connectivity index (χ1n) is 14.2. The van der Waals surface area contributed by atoms with Gasteiger partial charge in [0, 0.05) is 23.3 Å². The summed E-state index contributed by atoms with van der Waals surface area (Å²) in [6, 6.07) is 12.1. The number of ether oxygens (including phenoxy) is 3. The van der Waals surface area contributed by atoms with Crippen LogP contribution in [-0.4, -0.2) is 40.1 Å². The normalized spacial score (nSPS) is 25.3. The van der Waals surface area contributed by atoms with Crippen LogP contribution in [-0.2, 0) is 33.9 Å². The molecule has 2 fully saturated rings. The van der Waals surface area contributed by atoms with E-state index >= 15 is 0 Å². The molecular weight excluding hydrogens is 496 g/mol. The Balaban J connectivity index is 1.52. The number of hydrogen-bond donors (Lipinski definition) is 2. The van der Waals surface area contributed by atoms with E-state index in [4.69, 9.17) is 18.6 Å². The summed E-state index contributed by atoms with van der Waals surface area (Å²) >= 11 is 0. The van der Waals surface area contributed by atoms with Crippen molar-refractivity contribution in [3.05, 3.63) is 64.9 Å². The minimum Gasteiger partial charge on any atom is -0.488 e. The van der Waals surface area contributed by atoms with Crippen LogP contribution in [0.2, 0.25) is 0 Å². The molecule has 0 radical (unpaired) electrons. The second kappa shape index (κ2) is 11.3. The SMILES string of the molecule is CCCC(c1coc2c(CO)c(OCc3ccccc3)c(CC(C)C)cc12)C1CC(O)C2(OC2CC)C(=O)O1. The number of rotatable bonds is 11. The lowest BCUT2D eigenvalue weighted by Gasteiger charge is -2.35. The van der Waals surface area contributed by atoms with Gasteiger partial charge in [0.2, 0.25) is 5.60 Å². The number of carbonyl (C=O) groups excluding carboxylic acids is 1. The lowest BCUT2D eigenvalue weighted by molar-refractivity contribution is -0.174. The molecule has 2 saturated heterocycles. The number of epoxide rings is 1. The first-order chi connectivity index (χ1) is 18.8. The van der Waals surface area contributed by atoms with Crippen molar-refractivity contribution in [3.8, 4) is 5.75 Å². The summed E-state index contributed by atoms with van der Waals surface area (Å²) in [5, 5.41) is 22.4. The van der Waals surface area contributed by atoms with Crippen molar-refractivity contribution in [1.29, 1.82) is 0 Å². The number of fused-ring (bicyclic) bond motifs is 1. The number of furan rings is 1. The van der Waals surface area contributed by atoms with Gasteiger partial charge in [0.05, 0.1) is 18.4 Å². The summed E-state index contributed by atoms with van der Waals surface area (Å²) in [5.41, 5.74) is 2.97. The van der Waals surface area contributed by atoms with E-state index < -0.39 is 23.8 Å². The quantitative estimate of drug-likeness (QED) is 0.236. The Morgan fingerprint density at radius 3 is 2.56 bits per heavy atom. The summed E-state index contributed by atoms with van der Waals surface area (Å²) in [5.74, 6) is 0.389. The molecule has 3 heterocycles. The van der Waals surface area contributed by atoms with Crippen molar-refractivity contribution in [1.82, 2.24) is 0 Å². The average Bonchev–Trinajstić information content (AvgIpc) is 3.54. The van der Waals surface area contributed by atoms with E-state index in [1.807, 2.05) is 37.3 Å². The molecule has 1 spiro atoms. The standard InChI is InChI=1S/C32H40O7/c1-5-10-22(26-15-27(34)32(31(35)38-26)28(6-2)39-32)25-18-37-30-23(25)14-21(13-19(3)4)29(24(30)16-33)36-17-20-11-8-7-9-12-20/h7-9,11-12,14,18-19,22,26-28,33-34H,5-6,10,13,15-17H2,1-4H3. The Labute approximate surface area is 230 Å². The van der Waals surface area contributed by atoms with Gasteiger partial charge in [-0.1, -0.05) is 64.4 Å². The van der Waals surface area contributed by atoms with Crippen LogP contribution < -0.4 is 4.74 Å². The van der Waals surface area contributed by atoms with Crippen molar-refractivity contribution < 1.29 is 33.6 Å². The van der Waals surface area contributed by atoms with E-state index in [0.29, 0.717) is 42.3 Å². The molecule has 7 nitrogen and oxygen atoms in total. The summed E-state index contributed by atoms with van der Waals surface area (Å²) in [7, 11) is 0. The van der Waals surface area contributed by atoms with Crippen LogP contribution in [0.3, 0.4) is 0 Å². The van der Waals surface area contributed by atoms with Gasteiger partial charge < -0.3 is 28.8 Å². The smallest absolute Gasteiger partial charge is 0.344 e. The molecule has 0 bridgehead atoms. The number of aliphatic hydroxyl groups is 2. The highest BCUT2D eigenvalue weighted by atomic mass is 16.7. The summed E-state index contributed by atoms with van der Waals surface area (Å²) in [6.45, 7) is 8.49. The minimum atomic E-state index is -1.21. The fourth-order valence-electron chi connectivity index (χ4n) is 6.20. The number of hydrogen-bond acceptors (Lipinski definition) is 7. The zero-order valence-electron chi connectivity index (χ0n) is 23.3. The fraction of sp³-hybridized carbons (Fsp3) is 0.531. The highest BCUT2D eigenvalue weighted by Gasteiger charge is 2.70. The van der Waals surface area contributed by atoms with Crippen LogP contribution in [0.1, 0.15) is 81.5 Å². The van der Waals surface area contributed by atoms with E-state index in [0.717, 1.165) is 41.3 Å². The highest BCUT2D eigenvalue weighted by molar-refractivity contribution is 5.88. The second-order valence-electron chi connectivity index (χ2n) is 11.3. The molecule has 5 rings (SSSR count). The lowest BCUT2D eigenvalue weighted by atomic mass is 9.81. The van der Waals surface area contributed by atoms with Gasteiger partial charge in [0.1, 0.15) is 36.3 Å². The predicted molar refractivity (Wildman–Crippen MR) is 148 cm³/mol. The Kier molecular flexibility index (Phi) is 8.04. The summed E-state index contributed by atoms with van der Waals surface area (Å²) in [6.07, 6.45) is 3.37. The molecule has 2 aliphatic rings. The van der Waals surface area contributed by atoms with Gasteiger partial charge in [-0.2, -0.15) is 0 Å². The van der Waals surface area contributed by atoms with Crippen molar-refractivity contribution in [3.63, 3.8) is 0 Å². The van der Waals surface area contributed by atoms with Crippen LogP contribution in [0.25, 0.3) is 11.0 Å². The monoisotopic (exact) mass is 536 g/mol. The van der Waals surface area contributed by atoms with Crippen LogP contribution >= 0.6 is 0 Å². The molecule has 0 saturated carbocycles. The van der Waals surface area contributed by atoms with E-state index in [1.54, 1.807) is 6.26 Å². The third kappa shape index (κ3) is 5.08. The van der Waals surface area contributed by atoms with Crippen LogP contribution in [0, 0.1) is 5.92 Å². The molecule has 5 unspecified atom stereocenters. The molecule has 5 atom stereocenters. The molecule has 39 heavy (non-hydrogen) atoms. The first kappa shape index (κ1) is 27.7. The molecule has 0 amide bonds. The Bertz CT molecular complexity index is 1300. The lowest BCUT2D eigenvalue weighted by Crippen LogP contribution is -2.51. The second-order valence-corrected chi connectivity index (χ2v) is 11.3. The maximum Gasteiger partial charge on any atom is 0.344 e. The molecule has 2 aliphatic heterocycles. The number of carbonyl (C=O) groups is 1. The third-order valence-corrected chi connectivity index (χ3v) is 8.14. The Morgan fingerprint density at radius 2 is 1.95 bits per heavy atom. The number of cyclic esters (lactones) is 1. The van der Waals surface area contributed by atoms with E-state index in [2.05, 4.69) is 26.8 Å². The van der Waals surface area contributed by atoms with Crippen LogP contribution in [0.15, 0.2) is 47.1 Å². The zero-order chi connectivity index (χ0) is 27.7. The van der Waals surface area contributed by atoms with Crippen LogP contribution in [0.4, 0.5) is 0 Å². The van der Waals surface area contributed by atoms with E-state index in [-0.39, 0.29) is 18.6 Å². The molecule has 210 valence electrons. The molecule has 0 aliphatic carbocycles. The van der Waals surface area contributed by atoms with Gasteiger partial charge >= 0.3 is 5.97 Å². The number of benzene rings is 2. The summed E-state index contributed by atoms with van der Waals surface area (Å²) in [4.78, 5) is 13.0. The van der Waals surface area contributed by atoms with Gasteiger partial charge in [-0.05, 0) is 42.4 Å². The fourth-order valence-corrected chi connectivity index (χ4v) is 6.20. The van der Waals surface area contributed by atoms with Gasteiger partial charge in [0.15, 0.2) is 0 Å². The topological polar surface area (TPSA) is 102 Å². The van der Waals surface area contributed by atoms with Gasteiger partial charge in [-0.15, -0.1) is 0 Å². The molecule has 7 heteroatoms. The van der Waals surface area contributed by atoms with Crippen molar-refractivity contribution in [2.75, 3.05) is 0 Å². The zero-order valence-corrected chi connectivity index (χ0v) is 23.3. The molecule has 3 aromatic rings. The van der Waals surface area contributed by atoms with Gasteiger partial charge in [0.25, 0.3) is 0 Å². The predicted octanol–water partition coefficient (Wildman–Crippen LogP) is 5.81. The van der Waals surface area contributed by atoms with Gasteiger partial charge in [-0.25, -0.2) is 4.79 Å². The first-order valence-corrected chi connectivity index (χ1v) is 14.2. The number of esters is 1. The maximum atomic E-state index is 13.0. The Hall–Kier alpha value is -2.87. The molecule has 2 aromatic carbocycles. The van der Waals surface area contributed by atoms with Crippen molar-refractivity contribution in [2.24, 2.45) is 5.92 Å². The molecule has 1 aromatic heterocycles. The third-order valence-electron chi connectivity index (χ3n) is 8.14. The van der Waals surface area contributed by atoms with E-state index in [1.165, 1.54) is 0 Å². The molecular formula is C32H40O7. The summed E-state index contributed by atoms with van der Waals surface area (Å²) < 4.78 is 24.1.